The Bertz CT molecular complexity index is 588. The first kappa shape index (κ1) is 29.4. The van der Waals surface area contributed by atoms with Gasteiger partial charge in [0.1, 0.15) is 5.28 Å². The summed E-state index contributed by atoms with van der Waals surface area (Å²) in [6.45, 7) is 7.54. The topological polar surface area (TPSA) is 53.3 Å². The van der Waals surface area contributed by atoms with Crippen molar-refractivity contribution in [1.29, 1.82) is 0 Å². The molecule has 8 nitrogen and oxygen atoms in total. The van der Waals surface area contributed by atoms with Gasteiger partial charge in [-0.2, -0.15) is 4.52 Å². The van der Waals surface area contributed by atoms with E-state index in [-0.39, 0.29) is 5.28 Å². The summed E-state index contributed by atoms with van der Waals surface area (Å²) in [5, 5.41) is -0.264. The zero-order chi connectivity index (χ0) is 23.0. The van der Waals surface area contributed by atoms with Gasteiger partial charge in [0.25, 0.3) is 0 Å². The van der Waals surface area contributed by atoms with Gasteiger partial charge in [-0.3, -0.25) is 18.8 Å². The van der Waals surface area contributed by atoms with Gasteiger partial charge in [-0.1, -0.05) is 20.3 Å². The van der Waals surface area contributed by atoms with Gasteiger partial charge >= 0.3 is 0 Å². The van der Waals surface area contributed by atoms with Gasteiger partial charge in [-0.25, -0.2) is 14.1 Å². The second-order valence-corrected chi connectivity index (χ2v) is 16.9. The average Bonchev–Trinajstić information content (AvgIpc) is 2.60. The third kappa shape index (κ3) is 7.19. The SMILES string of the molecule is CCCCN=PC(C)(CC)N=P(N=P(N(C)C)(N(C)C)N(C)C)(N(C)C)N(C)C. The van der Waals surface area contributed by atoms with Gasteiger partial charge in [0.15, 0.2) is 7.51 Å². The quantitative estimate of drug-likeness (QED) is 0.270. The monoisotopic (exact) mass is 468 g/mol. The van der Waals surface area contributed by atoms with Crippen molar-refractivity contribution in [3.63, 3.8) is 0 Å². The second-order valence-electron chi connectivity index (χ2n) is 8.39. The maximum absolute atomic E-state index is 5.65. The molecule has 0 bridgehead atoms. The van der Waals surface area contributed by atoms with Crippen LogP contribution in [0.4, 0.5) is 0 Å². The molecule has 29 heavy (non-hydrogen) atoms. The van der Waals surface area contributed by atoms with E-state index in [2.05, 4.69) is 115 Å². The summed E-state index contributed by atoms with van der Waals surface area (Å²) in [5.41, 5.74) is 0. The van der Waals surface area contributed by atoms with Gasteiger partial charge < -0.3 is 0 Å². The molecule has 11 heteroatoms. The van der Waals surface area contributed by atoms with Crippen molar-refractivity contribution in [3.05, 3.63) is 0 Å². The summed E-state index contributed by atoms with van der Waals surface area (Å²) in [6, 6.07) is 0. The number of unbranched alkanes of at least 4 members (excludes halogenated alkanes) is 1. The zero-order valence-corrected chi connectivity index (χ0v) is 23.9. The second kappa shape index (κ2) is 12.4. The van der Waals surface area contributed by atoms with Gasteiger partial charge in [0.05, 0.1) is 0 Å². The van der Waals surface area contributed by atoms with Gasteiger partial charge in [0.2, 0.25) is 7.51 Å². The van der Waals surface area contributed by atoms with Crippen LogP contribution in [-0.4, -0.2) is 106 Å². The predicted molar refractivity (Wildman–Crippen MR) is 135 cm³/mol. The van der Waals surface area contributed by atoms with Gasteiger partial charge in [-0.15, -0.1) is 0 Å². The molecule has 0 aromatic carbocycles. The lowest BCUT2D eigenvalue weighted by Crippen LogP contribution is -2.32. The van der Waals surface area contributed by atoms with Gasteiger partial charge in [-0.05, 0) is 90.2 Å². The van der Waals surface area contributed by atoms with Crippen LogP contribution in [0, 0.1) is 0 Å². The van der Waals surface area contributed by atoms with Crippen molar-refractivity contribution in [3.8, 4) is 0 Å². The highest BCUT2D eigenvalue weighted by atomic mass is 31.2. The minimum Gasteiger partial charge on any atom is -0.266 e. The zero-order valence-electron chi connectivity index (χ0n) is 21.2. The maximum Gasteiger partial charge on any atom is 0.213 e. The molecule has 1 unspecified atom stereocenters. The Labute approximate surface area is 183 Å². The Morgan fingerprint density at radius 1 is 0.759 bits per heavy atom. The predicted octanol–water partition coefficient (Wildman–Crippen LogP) is 5.74. The highest BCUT2D eigenvalue weighted by molar-refractivity contribution is 7.71. The van der Waals surface area contributed by atoms with E-state index >= 15 is 0 Å². The Kier molecular flexibility index (Phi) is 12.6. The number of hydrogen-bond acceptors (Lipinski definition) is 2. The van der Waals surface area contributed by atoms with Crippen LogP contribution in [0.25, 0.3) is 0 Å². The first-order chi connectivity index (χ1) is 13.3. The fraction of sp³-hybridized carbons (Fsp3) is 1.00. The molecule has 0 amide bonds. The largest absolute Gasteiger partial charge is 0.266 e. The van der Waals surface area contributed by atoms with Crippen molar-refractivity contribution < 1.29 is 0 Å². The van der Waals surface area contributed by atoms with Crippen LogP contribution in [0.2, 0.25) is 0 Å². The molecule has 0 aromatic rings. The first-order valence-corrected chi connectivity index (χ1v) is 14.4. The summed E-state index contributed by atoms with van der Waals surface area (Å²) in [5.74, 6) is 0. The molecule has 0 aromatic heterocycles. The van der Waals surface area contributed by atoms with Crippen molar-refractivity contribution in [1.82, 2.24) is 23.4 Å². The third-order valence-corrected chi connectivity index (χ3v) is 14.2. The summed E-state index contributed by atoms with van der Waals surface area (Å²) in [7, 11) is 17.7. The summed E-state index contributed by atoms with van der Waals surface area (Å²) in [4.78, 5) is 0. The molecular weight excluding hydrogens is 421 g/mol. The van der Waals surface area contributed by atoms with Crippen LogP contribution < -0.4 is 0 Å². The molecule has 1 atom stereocenters. The van der Waals surface area contributed by atoms with Crippen LogP contribution in [0.1, 0.15) is 40.0 Å². The molecule has 0 saturated heterocycles. The van der Waals surface area contributed by atoms with Crippen molar-refractivity contribution >= 4 is 23.4 Å². The summed E-state index contributed by atoms with van der Waals surface area (Å²) >= 11 is 0. The van der Waals surface area contributed by atoms with E-state index in [1.54, 1.807) is 0 Å². The minimum atomic E-state index is -2.34. The standard InChI is InChI=1S/C18H47N8P3/c1-14-16-17-19-27-18(3,15-2)20-28(22(4)5,23(6)7)21-29(24(8)9,25(10)11)26(12)13/h14-17H2,1-13H3. The minimum absolute atomic E-state index is 0.264. The Balaban J connectivity index is 7.08. The fourth-order valence-electron chi connectivity index (χ4n) is 3.07. The summed E-state index contributed by atoms with van der Waals surface area (Å²) in [6.07, 6.45) is 3.23. The normalized spacial score (nSPS) is 15.9. The van der Waals surface area contributed by atoms with Crippen molar-refractivity contribution in [2.45, 2.75) is 45.3 Å². The van der Waals surface area contributed by atoms with E-state index in [4.69, 9.17) is 14.0 Å². The van der Waals surface area contributed by atoms with Gasteiger partial charge in [0, 0.05) is 14.9 Å². The molecule has 0 aliphatic heterocycles. The molecule has 0 fully saturated rings. The lowest BCUT2D eigenvalue weighted by Gasteiger charge is -2.45. The molecule has 0 aliphatic rings. The van der Waals surface area contributed by atoms with Crippen molar-refractivity contribution in [2.24, 2.45) is 14.0 Å². The Hall–Kier alpha value is 0.360. The average molecular weight is 469 g/mol. The number of rotatable bonds is 12. The maximum atomic E-state index is 5.65. The van der Waals surface area contributed by atoms with E-state index in [1.807, 2.05) is 0 Å². The molecule has 0 saturated carbocycles. The van der Waals surface area contributed by atoms with Crippen LogP contribution in [0.5, 0.6) is 0 Å². The molecule has 0 heterocycles. The van der Waals surface area contributed by atoms with E-state index < -0.39 is 15.0 Å². The molecule has 0 N–H and O–H groups in total. The van der Waals surface area contributed by atoms with Crippen LogP contribution in [0.3, 0.4) is 0 Å². The molecule has 174 valence electrons. The van der Waals surface area contributed by atoms with E-state index in [0.717, 1.165) is 27.8 Å². The van der Waals surface area contributed by atoms with Crippen LogP contribution in [0.15, 0.2) is 14.0 Å². The highest BCUT2D eigenvalue weighted by Gasteiger charge is 2.38. The Morgan fingerprint density at radius 2 is 1.21 bits per heavy atom. The van der Waals surface area contributed by atoms with Crippen LogP contribution in [-0.2, 0) is 0 Å². The smallest absolute Gasteiger partial charge is 0.213 e. The van der Waals surface area contributed by atoms with E-state index in [0.29, 0.717) is 0 Å². The molecular formula is C18H47N8P3. The first-order valence-electron chi connectivity index (χ1n) is 10.3. The number of hydrogen-bond donors (Lipinski definition) is 0. The number of nitrogens with zero attached hydrogens (tertiary/aromatic N) is 8. The summed E-state index contributed by atoms with van der Waals surface area (Å²) < 4.78 is 27.2. The lowest BCUT2D eigenvalue weighted by atomic mass is 10.3. The van der Waals surface area contributed by atoms with Crippen LogP contribution >= 0.6 is 23.4 Å². The fourth-order valence-corrected chi connectivity index (χ4v) is 12.9. The van der Waals surface area contributed by atoms with E-state index in [1.165, 1.54) is 6.42 Å². The molecule has 0 spiro atoms. The Morgan fingerprint density at radius 3 is 1.52 bits per heavy atom. The van der Waals surface area contributed by atoms with E-state index in [9.17, 15) is 0 Å². The molecule has 0 rings (SSSR count). The molecule has 0 aliphatic carbocycles. The third-order valence-electron chi connectivity index (χ3n) is 4.84. The van der Waals surface area contributed by atoms with Crippen molar-refractivity contribution in [2.75, 3.05) is 77.0 Å². The molecule has 0 radical (unpaired) electrons. The highest BCUT2D eigenvalue weighted by Crippen LogP contribution is 2.69. The lowest BCUT2D eigenvalue weighted by molar-refractivity contribution is 0.471.